The lowest BCUT2D eigenvalue weighted by atomic mass is 9.96. The molecule has 1 amide bonds. The molecule has 0 bridgehead atoms. The Morgan fingerprint density at radius 3 is 2.77 bits per heavy atom. The summed E-state index contributed by atoms with van der Waals surface area (Å²) in [6.45, 7) is 3.56. The topological polar surface area (TPSA) is 91.8 Å². The summed E-state index contributed by atoms with van der Waals surface area (Å²) in [7, 11) is 0. The molecule has 26 heavy (non-hydrogen) atoms. The lowest BCUT2D eigenvalue weighted by molar-refractivity contribution is -0.115. The zero-order valence-electron chi connectivity index (χ0n) is 15.0. The summed E-state index contributed by atoms with van der Waals surface area (Å²) in [6.07, 6.45) is 6.63. The maximum atomic E-state index is 12.4. The highest BCUT2D eigenvalue weighted by Crippen LogP contribution is 2.29. The van der Waals surface area contributed by atoms with Crippen molar-refractivity contribution in [2.45, 2.75) is 62.6 Å². The molecule has 0 saturated heterocycles. The zero-order valence-corrected chi connectivity index (χ0v) is 15.9. The van der Waals surface area contributed by atoms with Crippen molar-refractivity contribution in [2.24, 2.45) is 0 Å². The fourth-order valence-electron chi connectivity index (χ4n) is 3.01. The first-order valence-electron chi connectivity index (χ1n) is 8.90. The van der Waals surface area contributed by atoms with Crippen molar-refractivity contribution >= 4 is 23.5 Å². The van der Waals surface area contributed by atoms with Crippen LogP contribution in [0.2, 0.25) is 0 Å². The van der Waals surface area contributed by atoms with E-state index in [1.54, 1.807) is 19.9 Å². The number of nitrogens with one attached hydrogen (secondary N) is 1. The van der Waals surface area contributed by atoms with E-state index in [2.05, 4.69) is 16.5 Å². The van der Waals surface area contributed by atoms with Gasteiger partial charge in [-0.1, -0.05) is 29.8 Å². The second kappa shape index (κ2) is 8.37. The van der Waals surface area contributed by atoms with Gasteiger partial charge in [0.05, 0.1) is 10.8 Å². The first-order valence-corrected chi connectivity index (χ1v) is 9.78. The fourth-order valence-corrected chi connectivity index (χ4v) is 3.91. The molecule has 1 N–H and O–H groups in total. The van der Waals surface area contributed by atoms with Crippen LogP contribution in [-0.4, -0.2) is 21.3 Å². The Morgan fingerprint density at radius 2 is 2.08 bits per heavy atom. The van der Waals surface area contributed by atoms with E-state index < -0.39 is 5.25 Å². The molecule has 0 saturated carbocycles. The molecule has 0 radical (unpaired) electrons. The van der Waals surface area contributed by atoms with E-state index in [0.29, 0.717) is 22.2 Å². The van der Waals surface area contributed by atoms with Crippen LogP contribution in [0.1, 0.15) is 55.2 Å². The summed E-state index contributed by atoms with van der Waals surface area (Å²) in [5.74, 6) is 0.836. The fraction of sp³-hybridized carbons (Fsp3) is 0.474. The van der Waals surface area contributed by atoms with Crippen molar-refractivity contribution in [3.63, 3.8) is 0 Å². The molecule has 1 atom stereocenters. The number of anilines is 1. The second-order valence-electron chi connectivity index (χ2n) is 6.55. The number of amides is 1. The van der Waals surface area contributed by atoms with Crippen LogP contribution in [0.3, 0.4) is 0 Å². The summed E-state index contributed by atoms with van der Waals surface area (Å²) in [4.78, 5) is 17.1. The Labute approximate surface area is 157 Å². The minimum absolute atomic E-state index is 0.194. The number of fused-ring (bicyclic) bond motifs is 1. The molecule has 136 valence electrons. The van der Waals surface area contributed by atoms with Gasteiger partial charge in [0.15, 0.2) is 5.82 Å². The van der Waals surface area contributed by atoms with Crippen molar-refractivity contribution in [1.29, 1.82) is 5.26 Å². The van der Waals surface area contributed by atoms with Gasteiger partial charge in [-0.2, -0.15) is 5.26 Å². The smallest absolute Gasteiger partial charge is 0.238 e. The average molecular weight is 370 g/mol. The summed E-state index contributed by atoms with van der Waals surface area (Å²) in [6, 6.07) is 5.86. The van der Waals surface area contributed by atoms with Crippen LogP contribution in [0.4, 0.5) is 5.82 Å². The maximum absolute atomic E-state index is 12.4. The molecule has 0 aromatic carbocycles. The highest BCUT2D eigenvalue weighted by Gasteiger charge is 2.20. The van der Waals surface area contributed by atoms with Gasteiger partial charge in [0.1, 0.15) is 16.9 Å². The van der Waals surface area contributed by atoms with Gasteiger partial charge in [-0.15, -0.1) is 0 Å². The normalized spacial score (nSPS) is 15.3. The van der Waals surface area contributed by atoms with Crippen molar-refractivity contribution in [3.8, 4) is 6.07 Å². The van der Waals surface area contributed by atoms with Crippen molar-refractivity contribution in [3.05, 3.63) is 34.7 Å². The summed E-state index contributed by atoms with van der Waals surface area (Å²) >= 11 is 1.31. The lowest BCUT2D eigenvalue weighted by Crippen LogP contribution is -2.23. The van der Waals surface area contributed by atoms with Gasteiger partial charge in [0.25, 0.3) is 0 Å². The van der Waals surface area contributed by atoms with Crippen molar-refractivity contribution < 1.29 is 9.32 Å². The first kappa shape index (κ1) is 18.5. The number of nitriles is 1. The van der Waals surface area contributed by atoms with Gasteiger partial charge < -0.3 is 9.84 Å². The summed E-state index contributed by atoms with van der Waals surface area (Å²) in [5, 5.41) is 16.2. The molecule has 0 fully saturated rings. The van der Waals surface area contributed by atoms with Crippen molar-refractivity contribution in [2.75, 3.05) is 5.32 Å². The van der Waals surface area contributed by atoms with Gasteiger partial charge in [-0.25, -0.2) is 4.98 Å². The predicted molar refractivity (Wildman–Crippen MR) is 100 cm³/mol. The molecule has 0 aliphatic heterocycles. The number of thioether (sulfide) groups is 1. The van der Waals surface area contributed by atoms with Crippen LogP contribution in [0.5, 0.6) is 0 Å². The Hall–Kier alpha value is -2.33. The molecule has 2 aromatic rings. The number of rotatable bonds is 4. The quantitative estimate of drug-likeness (QED) is 0.817. The lowest BCUT2D eigenvalue weighted by Gasteiger charge is -2.16. The highest BCUT2D eigenvalue weighted by molar-refractivity contribution is 8.00. The van der Waals surface area contributed by atoms with Crippen LogP contribution in [0.25, 0.3) is 0 Å². The van der Waals surface area contributed by atoms with E-state index >= 15 is 0 Å². The number of carbonyl (C=O) groups excluding carboxylic acids is 1. The molecule has 1 aliphatic carbocycles. The highest BCUT2D eigenvalue weighted by atomic mass is 32.2. The standard InChI is InChI=1S/C19H22N4O2S/c1-12-9-17(23-25-12)22-18(24)13(2)26-19-15(11-20)10-14-7-5-3-4-6-8-16(14)21-19/h9-10,13H,3-8H2,1-2H3,(H,22,23,24). The molecular weight excluding hydrogens is 348 g/mol. The van der Waals surface area contributed by atoms with Crippen LogP contribution in [0.15, 0.2) is 21.7 Å². The third-order valence-electron chi connectivity index (χ3n) is 4.42. The SMILES string of the molecule is Cc1cc(NC(=O)C(C)Sc2nc3c(cc2C#N)CCCCCC3)no1. The van der Waals surface area contributed by atoms with Gasteiger partial charge in [0.2, 0.25) is 5.91 Å². The molecule has 0 spiro atoms. The van der Waals surface area contributed by atoms with E-state index in [4.69, 9.17) is 9.51 Å². The number of carbonyl (C=O) groups is 1. The molecule has 1 unspecified atom stereocenters. The van der Waals surface area contributed by atoms with Gasteiger partial charge in [0, 0.05) is 11.8 Å². The zero-order chi connectivity index (χ0) is 18.5. The number of aromatic nitrogens is 2. The first-order chi connectivity index (χ1) is 12.6. The van der Waals surface area contributed by atoms with E-state index in [1.807, 2.05) is 6.07 Å². The van der Waals surface area contributed by atoms with E-state index in [1.165, 1.54) is 30.2 Å². The Kier molecular flexibility index (Phi) is 5.94. The van der Waals surface area contributed by atoms with Crippen molar-refractivity contribution in [1.82, 2.24) is 10.1 Å². The monoisotopic (exact) mass is 370 g/mol. The number of aryl methyl sites for hydroxylation is 3. The van der Waals surface area contributed by atoms with Crippen LogP contribution < -0.4 is 5.32 Å². The summed E-state index contributed by atoms with van der Waals surface area (Å²) in [5.41, 5.74) is 2.80. The number of hydrogen-bond donors (Lipinski definition) is 1. The largest absolute Gasteiger partial charge is 0.360 e. The Morgan fingerprint density at radius 1 is 1.31 bits per heavy atom. The Bertz CT molecular complexity index is 841. The van der Waals surface area contributed by atoms with Gasteiger partial charge in [-0.05, 0) is 51.2 Å². The number of hydrogen-bond acceptors (Lipinski definition) is 6. The molecule has 2 heterocycles. The van der Waals surface area contributed by atoms with E-state index in [-0.39, 0.29) is 5.91 Å². The molecule has 2 aromatic heterocycles. The molecule has 7 heteroatoms. The van der Waals surface area contributed by atoms with E-state index in [9.17, 15) is 10.1 Å². The van der Waals surface area contributed by atoms with Crippen LogP contribution >= 0.6 is 11.8 Å². The minimum atomic E-state index is -0.404. The molecular formula is C19H22N4O2S. The molecule has 3 rings (SSSR count). The van der Waals surface area contributed by atoms with Gasteiger partial charge >= 0.3 is 0 Å². The number of nitrogens with zero attached hydrogens (tertiary/aromatic N) is 3. The predicted octanol–water partition coefficient (Wildman–Crippen LogP) is 4.03. The molecule has 1 aliphatic rings. The number of pyridine rings is 1. The minimum Gasteiger partial charge on any atom is -0.360 e. The average Bonchev–Trinajstić information content (AvgIpc) is 3.00. The third kappa shape index (κ3) is 4.44. The third-order valence-corrected chi connectivity index (χ3v) is 5.53. The van der Waals surface area contributed by atoms with Crippen LogP contribution in [-0.2, 0) is 17.6 Å². The van der Waals surface area contributed by atoms with E-state index in [0.717, 1.165) is 31.4 Å². The van der Waals surface area contributed by atoms with Crippen LogP contribution in [0, 0.1) is 18.3 Å². The maximum Gasteiger partial charge on any atom is 0.238 e. The van der Waals surface area contributed by atoms with Gasteiger partial charge in [-0.3, -0.25) is 4.79 Å². The second-order valence-corrected chi connectivity index (χ2v) is 7.87. The molecule has 6 nitrogen and oxygen atoms in total. The Balaban J connectivity index is 1.76. The summed E-state index contributed by atoms with van der Waals surface area (Å²) < 4.78 is 4.96.